The third-order valence-electron chi connectivity index (χ3n) is 5.10. The van der Waals surface area contributed by atoms with Gasteiger partial charge in [-0.15, -0.1) is 0 Å². The Morgan fingerprint density at radius 3 is 2.67 bits per heavy atom. The lowest BCUT2D eigenvalue weighted by Crippen LogP contribution is -2.43. The van der Waals surface area contributed by atoms with Crippen molar-refractivity contribution in [1.29, 1.82) is 0 Å². The zero-order chi connectivity index (χ0) is 19.1. The van der Waals surface area contributed by atoms with Crippen molar-refractivity contribution >= 4 is 11.9 Å². The number of rotatable bonds is 3. The highest BCUT2D eigenvalue weighted by molar-refractivity contribution is 5.98. The number of H-pyrrole nitrogens is 1. The van der Waals surface area contributed by atoms with Crippen LogP contribution in [0.4, 0.5) is 0 Å². The van der Waals surface area contributed by atoms with Gasteiger partial charge in [-0.25, -0.2) is 9.78 Å². The number of imidazole rings is 1. The number of aromatic amines is 1. The van der Waals surface area contributed by atoms with Gasteiger partial charge in [-0.05, 0) is 32.0 Å². The molecule has 0 saturated carbocycles. The average molecular weight is 364 g/mol. The Hall–Kier alpha value is -3.35. The Morgan fingerprint density at radius 1 is 1.22 bits per heavy atom. The number of carbonyl (C=O) groups excluding carboxylic acids is 1. The van der Waals surface area contributed by atoms with Crippen LogP contribution in [0.3, 0.4) is 0 Å². The van der Waals surface area contributed by atoms with Crippen molar-refractivity contribution in [3.8, 4) is 5.69 Å². The van der Waals surface area contributed by atoms with Crippen LogP contribution in [-0.4, -0.2) is 43.0 Å². The first-order valence-electron chi connectivity index (χ1n) is 8.79. The van der Waals surface area contributed by atoms with Crippen LogP contribution >= 0.6 is 0 Å². The van der Waals surface area contributed by atoms with Crippen molar-refractivity contribution in [3.63, 3.8) is 0 Å². The molecular weight excluding hydrogens is 344 g/mol. The molecule has 1 atom stereocenters. The summed E-state index contributed by atoms with van der Waals surface area (Å²) in [6, 6.07) is 10.5. The number of carbonyl (C=O) groups is 2. The first kappa shape index (κ1) is 17.1. The standard InChI is InChI=1S/C20H20N4O3/c1-12-10-15(13(2)24(12)14-6-4-3-5-7-14)19(25)23-9-8-16-17(22-11-21-16)18(23)20(26)27/h3-7,10-11,18H,8-9H2,1-2H3,(H,21,22)(H,26,27). The van der Waals surface area contributed by atoms with Crippen LogP contribution in [0.15, 0.2) is 42.7 Å². The van der Waals surface area contributed by atoms with Gasteiger partial charge in [-0.1, -0.05) is 18.2 Å². The fourth-order valence-corrected chi connectivity index (χ4v) is 3.85. The molecule has 1 unspecified atom stereocenters. The largest absolute Gasteiger partial charge is 0.479 e. The number of aromatic nitrogens is 3. The number of carboxylic acid groups (broad SMARTS) is 1. The number of benzene rings is 1. The van der Waals surface area contributed by atoms with Crippen LogP contribution in [0, 0.1) is 13.8 Å². The van der Waals surface area contributed by atoms with E-state index in [1.165, 1.54) is 11.2 Å². The molecule has 3 aromatic rings. The highest BCUT2D eigenvalue weighted by atomic mass is 16.4. The first-order chi connectivity index (χ1) is 13.0. The van der Waals surface area contributed by atoms with Gasteiger partial charge in [-0.3, -0.25) is 4.79 Å². The highest BCUT2D eigenvalue weighted by Gasteiger charge is 2.39. The summed E-state index contributed by atoms with van der Waals surface area (Å²) in [7, 11) is 0. The van der Waals surface area contributed by atoms with Crippen molar-refractivity contribution in [2.45, 2.75) is 26.3 Å². The second-order valence-corrected chi connectivity index (χ2v) is 6.71. The summed E-state index contributed by atoms with van der Waals surface area (Å²) in [6.45, 7) is 4.15. The fourth-order valence-electron chi connectivity index (χ4n) is 3.85. The van der Waals surface area contributed by atoms with Crippen molar-refractivity contribution < 1.29 is 14.7 Å². The van der Waals surface area contributed by atoms with Crippen molar-refractivity contribution in [3.05, 3.63) is 71.1 Å². The maximum atomic E-state index is 13.3. The molecule has 1 amide bonds. The van der Waals surface area contributed by atoms with Gasteiger partial charge in [-0.2, -0.15) is 0 Å². The SMILES string of the molecule is Cc1cc(C(=O)N2CCc3[nH]cnc3C2C(=O)O)c(C)n1-c1ccccc1. The summed E-state index contributed by atoms with van der Waals surface area (Å²) in [5, 5.41) is 9.72. The number of carboxylic acids is 1. The summed E-state index contributed by atoms with van der Waals surface area (Å²) in [4.78, 5) is 33.7. The third-order valence-corrected chi connectivity index (χ3v) is 5.10. The maximum absolute atomic E-state index is 13.3. The van der Waals surface area contributed by atoms with E-state index in [0.717, 1.165) is 22.8 Å². The van der Waals surface area contributed by atoms with Crippen molar-refractivity contribution in [2.24, 2.45) is 0 Å². The van der Waals surface area contributed by atoms with E-state index in [1.807, 2.05) is 54.8 Å². The van der Waals surface area contributed by atoms with Crippen molar-refractivity contribution in [2.75, 3.05) is 6.54 Å². The van der Waals surface area contributed by atoms with Gasteiger partial charge < -0.3 is 19.6 Å². The molecule has 4 rings (SSSR count). The van der Waals surface area contributed by atoms with E-state index >= 15 is 0 Å². The molecule has 0 bridgehead atoms. The normalized spacial score (nSPS) is 16.2. The molecule has 0 fully saturated rings. The minimum Gasteiger partial charge on any atom is -0.479 e. The molecule has 1 aliphatic heterocycles. The molecule has 1 aliphatic rings. The quantitative estimate of drug-likeness (QED) is 0.747. The van der Waals surface area contributed by atoms with E-state index in [-0.39, 0.29) is 5.91 Å². The predicted molar refractivity (Wildman–Crippen MR) is 98.9 cm³/mol. The number of aryl methyl sites for hydroxylation is 1. The van der Waals surface area contributed by atoms with Gasteiger partial charge in [0.15, 0.2) is 6.04 Å². The van der Waals surface area contributed by atoms with Gasteiger partial charge >= 0.3 is 5.97 Å². The summed E-state index contributed by atoms with van der Waals surface area (Å²) >= 11 is 0. The number of para-hydroxylation sites is 1. The number of hydrogen-bond acceptors (Lipinski definition) is 3. The minimum atomic E-state index is -1.08. The molecule has 0 aliphatic carbocycles. The summed E-state index contributed by atoms with van der Waals surface area (Å²) < 4.78 is 2.01. The monoisotopic (exact) mass is 364 g/mol. The van der Waals surface area contributed by atoms with Gasteiger partial charge in [0.2, 0.25) is 0 Å². The Kier molecular flexibility index (Phi) is 4.07. The summed E-state index contributed by atoms with van der Waals surface area (Å²) in [6.07, 6.45) is 2.04. The molecule has 0 radical (unpaired) electrons. The number of nitrogens with one attached hydrogen (secondary N) is 1. The molecule has 27 heavy (non-hydrogen) atoms. The van der Waals surface area contributed by atoms with E-state index in [2.05, 4.69) is 9.97 Å². The van der Waals surface area contributed by atoms with E-state index in [0.29, 0.717) is 24.2 Å². The third kappa shape index (κ3) is 2.71. The molecule has 7 nitrogen and oxygen atoms in total. The number of fused-ring (bicyclic) bond motifs is 1. The number of hydrogen-bond donors (Lipinski definition) is 2. The molecule has 0 saturated heterocycles. The Morgan fingerprint density at radius 2 is 1.96 bits per heavy atom. The zero-order valence-corrected chi connectivity index (χ0v) is 15.1. The first-order valence-corrected chi connectivity index (χ1v) is 8.79. The highest BCUT2D eigenvalue weighted by Crippen LogP contribution is 2.31. The van der Waals surface area contributed by atoms with Crippen LogP contribution < -0.4 is 0 Å². The Bertz CT molecular complexity index is 1020. The van der Waals surface area contributed by atoms with Crippen LogP contribution in [0.2, 0.25) is 0 Å². The van der Waals surface area contributed by atoms with Crippen LogP contribution in [0.25, 0.3) is 5.69 Å². The summed E-state index contributed by atoms with van der Waals surface area (Å²) in [5.74, 6) is -1.36. The molecule has 3 heterocycles. The van der Waals surface area contributed by atoms with E-state index in [4.69, 9.17) is 0 Å². The molecule has 0 spiro atoms. The molecule has 138 valence electrons. The lowest BCUT2D eigenvalue weighted by Gasteiger charge is -2.32. The van der Waals surface area contributed by atoms with Gasteiger partial charge in [0.1, 0.15) is 0 Å². The maximum Gasteiger partial charge on any atom is 0.332 e. The van der Waals surface area contributed by atoms with Gasteiger partial charge in [0.05, 0.1) is 17.6 Å². The second kappa shape index (κ2) is 6.42. The number of amides is 1. The zero-order valence-electron chi connectivity index (χ0n) is 15.1. The lowest BCUT2D eigenvalue weighted by atomic mass is 10.0. The fraction of sp³-hybridized carbons (Fsp3) is 0.250. The van der Waals surface area contributed by atoms with Crippen LogP contribution in [-0.2, 0) is 11.2 Å². The van der Waals surface area contributed by atoms with Gasteiger partial charge in [0.25, 0.3) is 5.91 Å². The Labute approximate surface area is 156 Å². The molecule has 2 N–H and O–H groups in total. The summed E-state index contributed by atoms with van der Waals surface area (Å²) in [5.41, 5.74) is 4.39. The van der Waals surface area contributed by atoms with Gasteiger partial charge in [0, 0.05) is 35.7 Å². The van der Waals surface area contributed by atoms with E-state index in [9.17, 15) is 14.7 Å². The molecule has 2 aromatic heterocycles. The lowest BCUT2D eigenvalue weighted by molar-refractivity contribution is -0.143. The molecule has 1 aromatic carbocycles. The van der Waals surface area contributed by atoms with Crippen LogP contribution in [0.5, 0.6) is 0 Å². The van der Waals surface area contributed by atoms with E-state index in [1.54, 1.807) is 0 Å². The average Bonchev–Trinajstić information content (AvgIpc) is 3.24. The smallest absolute Gasteiger partial charge is 0.332 e. The number of nitrogens with zero attached hydrogens (tertiary/aromatic N) is 3. The minimum absolute atomic E-state index is 0.286. The van der Waals surface area contributed by atoms with E-state index < -0.39 is 12.0 Å². The van der Waals surface area contributed by atoms with Crippen molar-refractivity contribution in [1.82, 2.24) is 19.4 Å². The number of aliphatic carboxylic acids is 1. The second-order valence-electron chi connectivity index (χ2n) is 6.71. The van der Waals surface area contributed by atoms with Crippen LogP contribution in [0.1, 0.15) is 39.2 Å². The molecular formula is C20H20N4O3. The topological polar surface area (TPSA) is 91.2 Å². The molecule has 7 heteroatoms. The predicted octanol–water partition coefficient (Wildman–Crippen LogP) is 2.64. The Balaban J connectivity index is 1.75.